The molecule has 88 valence electrons. The summed E-state index contributed by atoms with van der Waals surface area (Å²) >= 11 is 1.46. The van der Waals surface area contributed by atoms with Crippen molar-refractivity contribution in [3.63, 3.8) is 0 Å². The third kappa shape index (κ3) is 2.38. The quantitative estimate of drug-likeness (QED) is 0.823. The Balaban J connectivity index is 1.65. The number of nitrogens with two attached hydrogens (primary N) is 1. The summed E-state index contributed by atoms with van der Waals surface area (Å²) in [4.78, 5) is 12.4. The first-order chi connectivity index (χ1) is 8.33. The molecule has 0 amide bonds. The molecular weight excluding hydrogens is 238 g/mol. The van der Waals surface area contributed by atoms with Crippen LogP contribution in [-0.4, -0.2) is 20.1 Å². The lowest BCUT2D eigenvalue weighted by Crippen LogP contribution is -1.95. The number of nitrogens with zero attached hydrogens (tertiary/aromatic N) is 4. The van der Waals surface area contributed by atoms with Crippen molar-refractivity contribution in [3.8, 4) is 0 Å². The molecule has 1 saturated carbocycles. The van der Waals surface area contributed by atoms with Crippen LogP contribution in [0.4, 0.5) is 5.82 Å². The van der Waals surface area contributed by atoms with Gasteiger partial charge in [0.25, 0.3) is 0 Å². The van der Waals surface area contributed by atoms with Gasteiger partial charge < -0.3 is 10.3 Å². The highest BCUT2D eigenvalue weighted by Crippen LogP contribution is 2.39. The van der Waals surface area contributed by atoms with Gasteiger partial charge in [-0.1, -0.05) is 16.9 Å². The van der Waals surface area contributed by atoms with E-state index in [1.807, 2.05) is 0 Å². The number of rotatable bonds is 4. The van der Waals surface area contributed by atoms with Gasteiger partial charge in [-0.25, -0.2) is 9.97 Å². The van der Waals surface area contributed by atoms with Crippen molar-refractivity contribution < 1.29 is 4.52 Å². The van der Waals surface area contributed by atoms with Crippen LogP contribution in [0.15, 0.2) is 21.9 Å². The van der Waals surface area contributed by atoms with E-state index in [-0.39, 0.29) is 0 Å². The van der Waals surface area contributed by atoms with Crippen LogP contribution in [0.2, 0.25) is 0 Å². The second-order valence-corrected chi connectivity index (χ2v) is 4.82. The number of anilines is 1. The first kappa shape index (κ1) is 10.5. The summed E-state index contributed by atoms with van der Waals surface area (Å²) in [6.07, 6.45) is 5.50. The summed E-state index contributed by atoms with van der Waals surface area (Å²) in [6.45, 7) is 0. The van der Waals surface area contributed by atoms with Crippen LogP contribution in [-0.2, 0) is 5.75 Å². The van der Waals surface area contributed by atoms with Crippen molar-refractivity contribution in [2.45, 2.75) is 29.5 Å². The predicted molar refractivity (Wildman–Crippen MR) is 62.3 cm³/mol. The standard InChI is InChI=1S/C10H11N5OS/c11-8-10(13-4-3-12-8)17-5-7-14-9(16-15-7)6-1-2-6/h3-4,6H,1-2,5H2,(H2,11,12). The minimum absolute atomic E-state index is 0.434. The van der Waals surface area contributed by atoms with E-state index in [0.29, 0.717) is 28.3 Å². The summed E-state index contributed by atoms with van der Waals surface area (Å²) in [7, 11) is 0. The lowest BCUT2D eigenvalue weighted by molar-refractivity contribution is 0.375. The van der Waals surface area contributed by atoms with E-state index in [9.17, 15) is 0 Å². The molecule has 1 aliphatic carbocycles. The van der Waals surface area contributed by atoms with Gasteiger partial charge in [-0.3, -0.25) is 0 Å². The molecule has 2 N–H and O–H groups in total. The molecule has 0 spiro atoms. The second-order valence-electron chi connectivity index (χ2n) is 3.86. The van der Waals surface area contributed by atoms with Gasteiger partial charge in [-0.05, 0) is 12.8 Å². The van der Waals surface area contributed by atoms with E-state index in [4.69, 9.17) is 10.3 Å². The van der Waals surface area contributed by atoms with Crippen molar-refractivity contribution >= 4 is 17.6 Å². The average molecular weight is 249 g/mol. The number of aromatic nitrogens is 4. The molecule has 3 rings (SSSR count). The van der Waals surface area contributed by atoms with Gasteiger partial charge in [0.2, 0.25) is 5.89 Å². The fourth-order valence-corrected chi connectivity index (χ4v) is 2.12. The van der Waals surface area contributed by atoms with Crippen molar-refractivity contribution in [1.29, 1.82) is 0 Å². The van der Waals surface area contributed by atoms with Crippen LogP contribution in [0.3, 0.4) is 0 Å². The SMILES string of the molecule is Nc1nccnc1SCc1noc(C2CC2)n1. The summed E-state index contributed by atoms with van der Waals surface area (Å²) in [5.41, 5.74) is 5.69. The maximum Gasteiger partial charge on any atom is 0.229 e. The van der Waals surface area contributed by atoms with Gasteiger partial charge in [-0.2, -0.15) is 4.98 Å². The van der Waals surface area contributed by atoms with Gasteiger partial charge in [0.1, 0.15) is 5.03 Å². The normalized spacial score (nSPS) is 15.1. The zero-order chi connectivity index (χ0) is 11.7. The zero-order valence-electron chi connectivity index (χ0n) is 9.04. The van der Waals surface area contributed by atoms with Crippen LogP contribution in [0.5, 0.6) is 0 Å². The minimum Gasteiger partial charge on any atom is -0.381 e. The predicted octanol–water partition coefficient (Wildman–Crippen LogP) is 1.61. The molecule has 0 saturated heterocycles. The molecule has 2 heterocycles. The van der Waals surface area contributed by atoms with Crippen molar-refractivity contribution in [1.82, 2.24) is 20.1 Å². The zero-order valence-corrected chi connectivity index (χ0v) is 9.85. The van der Waals surface area contributed by atoms with Crippen LogP contribution < -0.4 is 5.73 Å². The monoisotopic (exact) mass is 249 g/mol. The molecule has 2 aromatic heterocycles. The van der Waals surface area contributed by atoms with Crippen LogP contribution in [0.25, 0.3) is 0 Å². The smallest absolute Gasteiger partial charge is 0.229 e. The van der Waals surface area contributed by atoms with Crippen molar-refractivity contribution in [2.24, 2.45) is 0 Å². The summed E-state index contributed by atoms with van der Waals surface area (Å²) in [6, 6.07) is 0. The molecule has 2 aromatic rings. The average Bonchev–Trinajstić information content (AvgIpc) is 3.08. The number of thioether (sulfide) groups is 1. The van der Waals surface area contributed by atoms with Crippen LogP contribution >= 0.6 is 11.8 Å². The Kier molecular flexibility index (Phi) is 2.68. The topological polar surface area (TPSA) is 90.7 Å². The number of hydrogen-bond acceptors (Lipinski definition) is 7. The summed E-state index contributed by atoms with van der Waals surface area (Å²) < 4.78 is 5.17. The Morgan fingerprint density at radius 2 is 2.18 bits per heavy atom. The molecule has 0 unspecified atom stereocenters. The molecule has 0 atom stereocenters. The Hall–Kier alpha value is -1.63. The molecule has 0 bridgehead atoms. The minimum atomic E-state index is 0.434. The van der Waals surface area contributed by atoms with E-state index in [1.54, 1.807) is 12.4 Å². The molecular formula is C10H11N5OS. The van der Waals surface area contributed by atoms with E-state index >= 15 is 0 Å². The molecule has 1 aliphatic rings. The fourth-order valence-electron chi connectivity index (χ4n) is 1.40. The van der Waals surface area contributed by atoms with Crippen LogP contribution in [0, 0.1) is 0 Å². The Morgan fingerprint density at radius 1 is 1.35 bits per heavy atom. The third-order valence-corrected chi connectivity index (χ3v) is 3.43. The maximum absolute atomic E-state index is 5.69. The lowest BCUT2D eigenvalue weighted by Gasteiger charge is -1.99. The highest BCUT2D eigenvalue weighted by molar-refractivity contribution is 7.98. The molecule has 17 heavy (non-hydrogen) atoms. The Labute approximate surface area is 102 Å². The van der Waals surface area contributed by atoms with Crippen molar-refractivity contribution in [2.75, 3.05) is 5.73 Å². The first-order valence-corrected chi connectivity index (χ1v) is 6.33. The molecule has 7 heteroatoms. The Morgan fingerprint density at radius 3 is 2.94 bits per heavy atom. The summed E-state index contributed by atoms with van der Waals surface area (Å²) in [5.74, 6) is 2.96. The molecule has 0 radical (unpaired) electrons. The van der Waals surface area contributed by atoms with Gasteiger partial charge in [-0.15, -0.1) is 0 Å². The largest absolute Gasteiger partial charge is 0.381 e. The van der Waals surface area contributed by atoms with E-state index in [2.05, 4.69) is 20.1 Å². The maximum atomic E-state index is 5.69. The molecule has 0 aromatic carbocycles. The highest BCUT2D eigenvalue weighted by atomic mass is 32.2. The first-order valence-electron chi connectivity index (χ1n) is 5.34. The number of hydrogen-bond donors (Lipinski definition) is 1. The third-order valence-electron chi connectivity index (χ3n) is 2.44. The van der Waals surface area contributed by atoms with Gasteiger partial charge >= 0.3 is 0 Å². The van der Waals surface area contributed by atoms with Gasteiger partial charge in [0, 0.05) is 18.3 Å². The highest BCUT2D eigenvalue weighted by Gasteiger charge is 2.29. The molecule has 6 nitrogen and oxygen atoms in total. The van der Waals surface area contributed by atoms with E-state index < -0.39 is 0 Å². The Bertz CT molecular complexity index is 525. The number of nitrogen functional groups attached to an aromatic ring is 1. The van der Waals surface area contributed by atoms with Gasteiger partial charge in [0.15, 0.2) is 11.6 Å². The molecule has 1 fully saturated rings. The second kappa shape index (κ2) is 4.33. The van der Waals surface area contributed by atoms with E-state index in [1.165, 1.54) is 11.8 Å². The fraction of sp³-hybridized carbons (Fsp3) is 0.400. The summed E-state index contributed by atoms with van der Waals surface area (Å²) in [5, 5.41) is 4.63. The van der Waals surface area contributed by atoms with Crippen LogP contribution in [0.1, 0.15) is 30.5 Å². The van der Waals surface area contributed by atoms with Gasteiger partial charge in [0.05, 0.1) is 5.75 Å². The molecule has 0 aliphatic heterocycles. The lowest BCUT2D eigenvalue weighted by atomic mass is 10.4. The van der Waals surface area contributed by atoms with E-state index in [0.717, 1.165) is 18.7 Å². The van der Waals surface area contributed by atoms with Crippen molar-refractivity contribution in [3.05, 3.63) is 24.1 Å².